The highest BCUT2D eigenvalue weighted by molar-refractivity contribution is 5.99. The fourth-order valence-electron chi connectivity index (χ4n) is 3.69. The van der Waals surface area contributed by atoms with Crippen LogP contribution in [0.5, 0.6) is 11.5 Å². The Morgan fingerprint density at radius 2 is 1.79 bits per heavy atom. The molecule has 0 heterocycles. The first kappa shape index (κ1) is 19.9. The van der Waals surface area contributed by atoms with Gasteiger partial charge in [0.2, 0.25) is 0 Å². The monoisotopic (exact) mass is 376 g/mol. The number of rotatable bonds is 6. The summed E-state index contributed by atoms with van der Waals surface area (Å²) in [6.45, 7) is 9.65. The van der Waals surface area contributed by atoms with Gasteiger partial charge in [-0.3, -0.25) is 0 Å². The van der Waals surface area contributed by atoms with Crippen molar-refractivity contribution >= 4 is 16.7 Å². The van der Waals surface area contributed by atoms with Gasteiger partial charge in [-0.05, 0) is 46.5 Å². The number of ether oxygens (including phenoxy) is 2. The molecule has 0 radical (unpaired) electrons. The van der Waals surface area contributed by atoms with Gasteiger partial charge in [0, 0.05) is 27.5 Å². The summed E-state index contributed by atoms with van der Waals surface area (Å²) in [4.78, 5) is 12.3. The number of hydrogen-bond acceptors (Lipinski definition) is 3. The van der Waals surface area contributed by atoms with Gasteiger partial charge in [-0.25, -0.2) is 4.79 Å². The molecule has 0 spiro atoms. The Kier molecular flexibility index (Phi) is 6.03. The third kappa shape index (κ3) is 4.04. The molecule has 1 aliphatic rings. The molecule has 0 N–H and O–H groups in total. The van der Waals surface area contributed by atoms with Crippen molar-refractivity contribution < 1.29 is 14.3 Å². The highest BCUT2D eigenvalue weighted by Gasteiger charge is 2.25. The summed E-state index contributed by atoms with van der Waals surface area (Å²) in [5, 5.41) is 1.87. The second-order valence-electron chi connectivity index (χ2n) is 7.60. The molecule has 1 aliphatic carbocycles. The fraction of sp³-hybridized carbons (Fsp3) is 0.320. The maximum absolute atomic E-state index is 12.3. The zero-order chi connectivity index (χ0) is 20.3. The number of esters is 1. The van der Waals surface area contributed by atoms with Gasteiger partial charge in [0.1, 0.15) is 11.5 Å². The third-order valence-corrected chi connectivity index (χ3v) is 5.09. The predicted octanol–water partition coefficient (Wildman–Crippen LogP) is 6.10. The minimum atomic E-state index is -0.391. The van der Waals surface area contributed by atoms with Gasteiger partial charge in [-0.1, -0.05) is 54.1 Å². The minimum absolute atomic E-state index is 0.391. The van der Waals surface area contributed by atoms with Crippen molar-refractivity contribution in [3.8, 4) is 11.5 Å². The van der Waals surface area contributed by atoms with Crippen LogP contribution < -0.4 is 9.47 Å². The molecule has 3 heteroatoms. The van der Waals surface area contributed by atoms with Crippen molar-refractivity contribution in [2.45, 2.75) is 46.5 Å². The van der Waals surface area contributed by atoms with E-state index in [-0.39, 0.29) is 0 Å². The molecule has 0 bridgehead atoms. The number of carbonyl (C=O) groups is 1. The van der Waals surface area contributed by atoms with Gasteiger partial charge in [-0.15, -0.1) is 0 Å². The third-order valence-electron chi connectivity index (χ3n) is 5.09. The Hall–Kier alpha value is -2.81. The summed E-state index contributed by atoms with van der Waals surface area (Å²) in [6.07, 6.45) is 8.14. The van der Waals surface area contributed by atoms with Crippen molar-refractivity contribution in [3.05, 3.63) is 70.8 Å². The van der Waals surface area contributed by atoms with Crippen molar-refractivity contribution in [2.24, 2.45) is 0 Å². The lowest BCUT2D eigenvalue weighted by atomic mass is 9.85. The smallest absolute Gasteiger partial charge is 0.338 e. The van der Waals surface area contributed by atoms with Crippen LogP contribution in [0.3, 0.4) is 0 Å². The first-order chi connectivity index (χ1) is 13.4. The topological polar surface area (TPSA) is 35.5 Å². The van der Waals surface area contributed by atoms with Crippen LogP contribution in [-0.2, 0) is 17.6 Å². The molecule has 28 heavy (non-hydrogen) atoms. The highest BCUT2D eigenvalue weighted by atomic mass is 16.5. The van der Waals surface area contributed by atoms with Crippen LogP contribution in [-0.4, -0.2) is 13.1 Å². The standard InChI is InChI=1S/C25H28O3/c1-16(2)9-8-10-18-13-14-21-22(15-18)24(28-25(26)17(3)4)20-12-7-6-11-19(20)23(21)27-5/h6-7,9,11-13H,3,8,10,14-15H2,1-2,4-5H3. The quantitative estimate of drug-likeness (QED) is 0.264. The molecule has 2 aromatic rings. The lowest BCUT2D eigenvalue weighted by molar-refractivity contribution is -0.130. The van der Waals surface area contributed by atoms with E-state index in [1.165, 1.54) is 11.1 Å². The van der Waals surface area contributed by atoms with E-state index in [0.717, 1.165) is 53.3 Å². The average Bonchev–Trinajstić information content (AvgIpc) is 2.67. The minimum Gasteiger partial charge on any atom is -0.496 e. The van der Waals surface area contributed by atoms with Crippen molar-refractivity contribution in [1.82, 2.24) is 0 Å². The van der Waals surface area contributed by atoms with Crippen molar-refractivity contribution in [1.29, 1.82) is 0 Å². The second kappa shape index (κ2) is 8.47. The molecule has 3 rings (SSSR count). The molecule has 2 aromatic carbocycles. The lowest BCUT2D eigenvalue weighted by Crippen LogP contribution is -2.14. The van der Waals surface area contributed by atoms with Gasteiger partial charge in [0.05, 0.1) is 7.11 Å². The molecule has 0 aromatic heterocycles. The van der Waals surface area contributed by atoms with Crippen LogP contribution >= 0.6 is 0 Å². The summed E-state index contributed by atoms with van der Waals surface area (Å²) in [5.41, 5.74) is 5.26. The van der Waals surface area contributed by atoms with E-state index < -0.39 is 5.97 Å². The van der Waals surface area contributed by atoms with Gasteiger partial charge in [-0.2, -0.15) is 0 Å². The van der Waals surface area contributed by atoms with Crippen LogP contribution in [0.1, 0.15) is 44.7 Å². The number of fused-ring (bicyclic) bond motifs is 2. The maximum atomic E-state index is 12.3. The first-order valence-corrected chi connectivity index (χ1v) is 9.71. The number of methoxy groups -OCH3 is 1. The van der Waals surface area contributed by atoms with E-state index in [9.17, 15) is 4.79 Å². The molecule has 0 unspecified atom stereocenters. The molecule has 0 atom stereocenters. The Labute approximate surface area is 167 Å². The SMILES string of the molecule is C=C(C)C(=O)Oc1c2c(c(OC)c3ccccc13)CC=C(CCC=C(C)C)C2. The van der Waals surface area contributed by atoms with Crippen LogP contribution in [0.15, 0.2) is 59.7 Å². The number of benzene rings is 2. The fourth-order valence-corrected chi connectivity index (χ4v) is 3.69. The zero-order valence-electron chi connectivity index (χ0n) is 17.2. The van der Waals surface area contributed by atoms with Gasteiger partial charge in [0.15, 0.2) is 0 Å². The van der Waals surface area contributed by atoms with Crippen LogP contribution in [0.2, 0.25) is 0 Å². The molecule has 0 amide bonds. The van der Waals surface area contributed by atoms with Gasteiger partial charge < -0.3 is 9.47 Å². The molecule has 0 fully saturated rings. The molecule has 0 saturated carbocycles. The number of allylic oxidation sites excluding steroid dienone is 4. The Morgan fingerprint density at radius 1 is 1.11 bits per heavy atom. The van der Waals surface area contributed by atoms with Gasteiger partial charge in [0.25, 0.3) is 0 Å². The maximum Gasteiger partial charge on any atom is 0.338 e. The summed E-state index contributed by atoms with van der Waals surface area (Å²) >= 11 is 0. The van der Waals surface area contributed by atoms with Crippen molar-refractivity contribution in [3.63, 3.8) is 0 Å². The Bertz CT molecular complexity index is 989. The molecule has 0 saturated heterocycles. The van der Waals surface area contributed by atoms with Crippen LogP contribution in [0.25, 0.3) is 10.8 Å². The van der Waals surface area contributed by atoms with E-state index in [0.29, 0.717) is 11.3 Å². The van der Waals surface area contributed by atoms with Crippen molar-refractivity contribution in [2.75, 3.05) is 7.11 Å². The Morgan fingerprint density at radius 3 is 2.39 bits per heavy atom. The lowest BCUT2D eigenvalue weighted by Gasteiger charge is -2.24. The zero-order valence-corrected chi connectivity index (χ0v) is 17.2. The molecular formula is C25H28O3. The largest absolute Gasteiger partial charge is 0.496 e. The number of carbonyl (C=O) groups excluding carboxylic acids is 1. The van der Waals surface area contributed by atoms with Crippen LogP contribution in [0.4, 0.5) is 0 Å². The van der Waals surface area contributed by atoms with E-state index in [1.54, 1.807) is 14.0 Å². The molecule has 0 aliphatic heterocycles. The summed E-state index contributed by atoms with van der Waals surface area (Å²) in [5.74, 6) is 1.13. The van der Waals surface area contributed by atoms with E-state index in [1.807, 2.05) is 24.3 Å². The average molecular weight is 376 g/mol. The second-order valence-corrected chi connectivity index (χ2v) is 7.60. The highest BCUT2D eigenvalue weighted by Crippen LogP contribution is 2.44. The van der Waals surface area contributed by atoms with E-state index in [2.05, 4.69) is 32.6 Å². The van der Waals surface area contributed by atoms with E-state index >= 15 is 0 Å². The normalized spacial score (nSPS) is 12.8. The summed E-state index contributed by atoms with van der Waals surface area (Å²) < 4.78 is 11.6. The first-order valence-electron chi connectivity index (χ1n) is 9.71. The van der Waals surface area contributed by atoms with Gasteiger partial charge >= 0.3 is 5.97 Å². The molecule has 146 valence electrons. The molecule has 3 nitrogen and oxygen atoms in total. The summed E-state index contributed by atoms with van der Waals surface area (Å²) in [7, 11) is 1.70. The summed E-state index contributed by atoms with van der Waals surface area (Å²) in [6, 6.07) is 7.94. The number of hydrogen-bond donors (Lipinski definition) is 0. The Balaban J connectivity index is 2.10. The predicted molar refractivity (Wildman–Crippen MR) is 115 cm³/mol. The molecular weight excluding hydrogens is 348 g/mol. The van der Waals surface area contributed by atoms with Crippen LogP contribution in [0, 0.1) is 0 Å². The van der Waals surface area contributed by atoms with E-state index in [4.69, 9.17) is 9.47 Å².